The lowest BCUT2D eigenvalue weighted by atomic mass is 10.2. The first-order valence-corrected chi connectivity index (χ1v) is 11.5. The van der Waals surface area contributed by atoms with Gasteiger partial charge in [0.15, 0.2) is 0 Å². The fraction of sp³-hybridized carbons (Fsp3) is 0.304. The standard InChI is InChI=1S/C23H26N6O2S/c1-15(30)27-17-5-2-6-18(13-17)28-23-26-14-19(16-8-9-16)21(29-23)24-10-4-11-25-22(31)20-7-3-12-32-20/h2-3,5-7,12-14,16H,4,8-11H2,1H3,(H,25,31)(H,27,30)(H2,24,26,28,29). The molecule has 1 aliphatic carbocycles. The molecule has 2 heterocycles. The Bertz CT molecular complexity index is 1080. The van der Waals surface area contributed by atoms with Crippen LogP contribution in [0.2, 0.25) is 0 Å². The largest absolute Gasteiger partial charge is 0.370 e. The summed E-state index contributed by atoms with van der Waals surface area (Å²) in [7, 11) is 0. The molecule has 32 heavy (non-hydrogen) atoms. The van der Waals surface area contributed by atoms with Crippen molar-refractivity contribution in [1.29, 1.82) is 0 Å². The van der Waals surface area contributed by atoms with E-state index in [0.717, 1.165) is 41.2 Å². The Hall–Kier alpha value is -3.46. The lowest BCUT2D eigenvalue weighted by Crippen LogP contribution is -2.25. The normalized spacial score (nSPS) is 12.8. The number of carbonyl (C=O) groups excluding carboxylic acids is 2. The quantitative estimate of drug-likeness (QED) is 0.342. The topological polar surface area (TPSA) is 108 Å². The summed E-state index contributed by atoms with van der Waals surface area (Å²) in [6.07, 6.45) is 4.97. The van der Waals surface area contributed by atoms with E-state index in [4.69, 9.17) is 0 Å². The van der Waals surface area contributed by atoms with Crippen molar-refractivity contribution in [2.75, 3.05) is 29.0 Å². The maximum absolute atomic E-state index is 12.0. The highest BCUT2D eigenvalue weighted by Crippen LogP contribution is 2.42. The first-order valence-electron chi connectivity index (χ1n) is 10.7. The molecule has 9 heteroatoms. The summed E-state index contributed by atoms with van der Waals surface area (Å²) < 4.78 is 0. The van der Waals surface area contributed by atoms with Crippen LogP contribution in [0.1, 0.15) is 47.3 Å². The van der Waals surface area contributed by atoms with Gasteiger partial charge in [-0.2, -0.15) is 4.98 Å². The summed E-state index contributed by atoms with van der Waals surface area (Å²) in [6.45, 7) is 2.76. The van der Waals surface area contributed by atoms with Gasteiger partial charge in [-0.1, -0.05) is 12.1 Å². The van der Waals surface area contributed by atoms with Gasteiger partial charge in [0.1, 0.15) is 5.82 Å². The lowest BCUT2D eigenvalue weighted by molar-refractivity contribution is -0.114. The Morgan fingerprint density at radius 2 is 1.97 bits per heavy atom. The number of benzene rings is 1. The molecule has 4 N–H and O–H groups in total. The lowest BCUT2D eigenvalue weighted by Gasteiger charge is -2.13. The first-order chi connectivity index (χ1) is 15.6. The van der Waals surface area contributed by atoms with Crippen LogP contribution in [0.25, 0.3) is 0 Å². The molecule has 0 unspecified atom stereocenters. The minimum Gasteiger partial charge on any atom is -0.370 e. The number of amides is 2. The van der Waals surface area contributed by atoms with Gasteiger partial charge in [0.25, 0.3) is 5.91 Å². The number of rotatable bonds is 10. The third-order valence-corrected chi connectivity index (χ3v) is 5.82. The second-order valence-corrected chi connectivity index (χ2v) is 8.62. The molecule has 4 rings (SSSR count). The Kier molecular flexibility index (Phi) is 6.96. The minimum atomic E-state index is -0.120. The first kappa shape index (κ1) is 21.8. The van der Waals surface area contributed by atoms with Gasteiger partial charge >= 0.3 is 0 Å². The molecule has 0 radical (unpaired) electrons. The number of nitrogens with zero attached hydrogens (tertiary/aromatic N) is 2. The molecule has 1 saturated carbocycles. The highest BCUT2D eigenvalue weighted by Gasteiger charge is 2.27. The average Bonchev–Trinajstić information content (AvgIpc) is 3.45. The van der Waals surface area contributed by atoms with Crippen molar-refractivity contribution in [3.63, 3.8) is 0 Å². The van der Waals surface area contributed by atoms with E-state index in [2.05, 4.69) is 31.2 Å². The number of aromatic nitrogens is 2. The summed E-state index contributed by atoms with van der Waals surface area (Å²) in [5, 5.41) is 14.2. The molecule has 0 atom stereocenters. The van der Waals surface area contributed by atoms with Crippen LogP contribution in [0.15, 0.2) is 48.0 Å². The van der Waals surface area contributed by atoms with E-state index in [-0.39, 0.29) is 11.8 Å². The number of thiophene rings is 1. The van der Waals surface area contributed by atoms with Crippen molar-refractivity contribution in [2.24, 2.45) is 0 Å². The average molecular weight is 451 g/mol. The summed E-state index contributed by atoms with van der Waals surface area (Å²) in [4.78, 5) is 33.2. The maximum atomic E-state index is 12.0. The molecule has 3 aromatic rings. The van der Waals surface area contributed by atoms with Crippen molar-refractivity contribution < 1.29 is 9.59 Å². The summed E-state index contributed by atoms with van der Waals surface area (Å²) in [5.41, 5.74) is 2.63. The van der Waals surface area contributed by atoms with Crippen molar-refractivity contribution in [1.82, 2.24) is 15.3 Å². The molecule has 2 aromatic heterocycles. The molecule has 166 valence electrons. The van der Waals surface area contributed by atoms with Crippen molar-refractivity contribution >= 4 is 46.3 Å². The smallest absolute Gasteiger partial charge is 0.261 e. The van der Waals surface area contributed by atoms with E-state index in [9.17, 15) is 9.59 Å². The van der Waals surface area contributed by atoms with E-state index < -0.39 is 0 Å². The van der Waals surface area contributed by atoms with Gasteiger partial charge in [0.2, 0.25) is 11.9 Å². The van der Waals surface area contributed by atoms with Gasteiger partial charge in [-0.3, -0.25) is 9.59 Å². The van der Waals surface area contributed by atoms with Crippen LogP contribution in [-0.2, 0) is 4.79 Å². The van der Waals surface area contributed by atoms with Crippen LogP contribution in [-0.4, -0.2) is 34.9 Å². The fourth-order valence-corrected chi connectivity index (χ4v) is 3.93. The van der Waals surface area contributed by atoms with Gasteiger partial charge in [-0.15, -0.1) is 11.3 Å². The zero-order chi connectivity index (χ0) is 22.3. The van der Waals surface area contributed by atoms with Gasteiger partial charge in [-0.25, -0.2) is 4.98 Å². The number of hydrogen-bond acceptors (Lipinski definition) is 7. The van der Waals surface area contributed by atoms with Crippen LogP contribution >= 0.6 is 11.3 Å². The molecule has 8 nitrogen and oxygen atoms in total. The SMILES string of the molecule is CC(=O)Nc1cccc(Nc2ncc(C3CC3)c(NCCCNC(=O)c3cccs3)n2)c1. The summed E-state index contributed by atoms with van der Waals surface area (Å²) in [6, 6.07) is 11.1. The zero-order valence-corrected chi connectivity index (χ0v) is 18.7. The molecule has 0 bridgehead atoms. The molecular formula is C23H26N6O2S. The van der Waals surface area contributed by atoms with Crippen LogP contribution in [0.3, 0.4) is 0 Å². The Morgan fingerprint density at radius 1 is 1.12 bits per heavy atom. The predicted molar refractivity (Wildman–Crippen MR) is 128 cm³/mol. The van der Waals surface area contributed by atoms with Gasteiger partial charge in [0, 0.05) is 43.1 Å². The van der Waals surface area contributed by atoms with E-state index in [1.165, 1.54) is 18.3 Å². The zero-order valence-electron chi connectivity index (χ0n) is 17.9. The molecule has 0 aliphatic heterocycles. The minimum absolute atomic E-state index is 0.0336. The van der Waals surface area contributed by atoms with E-state index >= 15 is 0 Å². The maximum Gasteiger partial charge on any atom is 0.261 e. The Balaban J connectivity index is 1.34. The number of hydrogen-bond donors (Lipinski definition) is 4. The second-order valence-electron chi connectivity index (χ2n) is 7.67. The molecule has 2 amide bonds. The fourth-order valence-electron chi connectivity index (χ4n) is 3.29. The van der Waals surface area contributed by atoms with Gasteiger partial charge in [-0.05, 0) is 54.8 Å². The predicted octanol–water partition coefficient (Wildman–Crippen LogP) is 4.35. The second kappa shape index (κ2) is 10.2. The summed E-state index contributed by atoms with van der Waals surface area (Å²) in [5.74, 6) is 1.67. The van der Waals surface area contributed by atoms with Crippen LogP contribution in [0.5, 0.6) is 0 Å². The van der Waals surface area contributed by atoms with E-state index in [0.29, 0.717) is 30.6 Å². The molecule has 0 saturated heterocycles. The van der Waals surface area contributed by atoms with E-state index in [1.807, 2.05) is 48.0 Å². The molecule has 1 aromatic carbocycles. The monoisotopic (exact) mass is 450 g/mol. The number of nitrogens with one attached hydrogen (secondary N) is 4. The van der Waals surface area contributed by atoms with Gasteiger partial charge in [0.05, 0.1) is 4.88 Å². The molecular weight excluding hydrogens is 424 g/mol. The number of anilines is 4. The number of carbonyl (C=O) groups is 2. The Labute approximate surface area is 190 Å². The molecule has 1 fully saturated rings. The van der Waals surface area contributed by atoms with Crippen molar-refractivity contribution in [2.45, 2.75) is 32.1 Å². The molecule has 0 spiro atoms. The molecule has 1 aliphatic rings. The van der Waals surface area contributed by atoms with Crippen LogP contribution < -0.4 is 21.3 Å². The van der Waals surface area contributed by atoms with Crippen molar-refractivity contribution in [3.05, 3.63) is 58.4 Å². The highest BCUT2D eigenvalue weighted by atomic mass is 32.1. The van der Waals surface area contributed by atoms with Crippen molar-refractivity contribution in [3.8, 4) is 0 Å². The highest BCUT2D eigenvalue weighted by molar-refractivity contribution is 7.12. The van der Waals surface area contributed by atoms with Gasteiger partial charge < -0.3 is 21.3 Å². The Morgan fingerprint density at radius 3 is 2.72 bits per heavy atom. The third-order valence-electron chi connectivity index (χ3n) is 4.95. The summed E-state index contributed by atoms with van der Waals surface area (Å²) >= 11 is 1.44. The third kappa shape index (κ3) is 6.04. The van der Waals surface area contributed by atoms with Crippen LogP contribution in [0, 0.1) is 0 Å². The van der Waals surface area contributed by atoms with E-state index in [1.54, 1.807) is 0 Å². The van der Waals surface area contributed by atoms with Crippen LogP contribution in [0.4, 0.5) is 23.1 Å².